The van der Waals surface area contributed by atoms with Crippen molar-refractivity contribution >= 4 is 10.8 Å². The van der Waals surface area contributed by atoms with E-state index in [2.05, 4.69) is 0 Å². The molecule has 10 heteroatoms. The number of rotatable bonds is 7. The second-order valence-corrected chi connectivity index (χ2v) is 11.2. The van der Waals surface area contributed by atoms with Gasteiger partial charge in [-0.15, -0.1) is 0 Å². The molecule has 42 heavy (non-hydrogen) atoms. The maximum atomic E-state index is 14.3. The molecule has 0 radical (unpaired) electrons. The normalized spacial score (nSPS) is 12.0. The molecule has 0 saturated heterocycles. The number of hydrogen-bond donors (Lipinski definition) is 5. The summed E-state index contributed by atoms with van der Waals surface area (Å²) in [5.41, 5.74) is -4.87. The van der Waals surface area contributed by atoms with Gasteiger partial charge in [0.2, 0.25) is 10.9 Å². The second-order valence-electron chi connectivity index (χ2n) is 11.2. The average molecular weight is 579 g/mol. The van der Waals surface area contributed by atoms with Crippen molar-refractivity contribution < 1.29 is 30.3 Å². The average Bonchev–Trinajstić information content (AvgIpc) is 2.92. The van der Waals surface area contributed by atoms with E-state index in [0.29, 0.717) is 0 Å². The third kappa shape index (κ3) is 4.16. The summed E-state index contributed by atoms with van der Waals surface area (Å²) in [7, 11) is 1.33. The van der Waals surface area contributed by atoms with Crippen molar-refractivity contribution in [3.05, 3.63) is 74.3 Å². The van der Waals surface area contributed by atoms with Gasteiger partial charge in [0.15, 0.2) is 22.4 Å². The topological polar surface area (TPSA) is 179 Å². The number of aliphatic hydroxyl groups excluding tert-OH is 1. The van der Waals surface area contributed by atoms with Gasteiger partial charge in [0.1, 0.15) is 11.5 Å². The number of methoxy groups -OCH3 is 1. The molecule has 0 atom stereocenters. The van der Waals surface area contributed by atoms with Gasteiger partial charge in [-0.05, 0) is 25.7 Å². The first-order valence-electron chi connectivity index (χ1n) is 13.6. The highest BCUT2D eigenvalue weighted by molar-refractivity contribution is 6.07. The number of aromatic hydroxyl groups is 4. The zero-order chi connectivity index (χ0) is 31.5. The Bertz CT molecular complexity index is 1940. The first kappa shape index (κ1) is 30.7. The Morgan fingerprint density at radius 3 is 1.71 bits per heavy atom. The van der Waals surface area contributed by atoms with Crippen LogP contribution in [-0.4, -0.2) is 39.2 Å². The lowest BCUT2D eigenvalue weighted by Gasteiger charge is -2.24. The zero-order valence-electron chi connectivity index (χ0n) is 24.6. The molecule has 5 N–H and O–H groups in total. The number of ether oxygens (including phenoxy) is 1. The molecule has 0 aliphatic heterocycles. The van der Waals surface area contributed by atoms with Crippen LogP contribution in [-0.2, 0) is 17.8 Å². The van der Waals surface area contributed by atoms with Crippen LogP contribution in [0.5, 0.6) is 23.0 Å². The van der Waals surface area contributed by atoms with Crippen LogP contribution in [0, 0.1) is 13.8 Å². The van der Waals surface area contributed by atoms with E-state index in [-0.39, 0.29) is 79.4 Å². The minimum atomic E-state index is -0.988. The highest BCUT2D eigenvalue weighted by Crippen LogP contribution is 2.53. The second kappa shape index (κ2) is 10.8. The van der Waals surface area contributed by atoms with Crippen LogP contribution in [0.1, 0.15) is 72.9 Å². The molecule has 2 aromatic rings. The number of hydrogen-bond acceptors (Lipinski definition) is 10. The monoisotopic (exact) mass is 578 g/mol. The largest absolute Gasteiger partial charge is 0.507 e. The molecule has 0 aromatic heterocycles. The molecule has 0 fully saturated rings. The molecule has 0 heterocycles. The number of aliphatic hydroxyl groups is 1. The minimum absolute atomic E-state index is 0.00453. The molecule has 10 nitrogen and oxygen atoms in total. The number of phenolic OH excluding ortho intramolecular Hbond substituents is 4. The third-order valence-corrected chi connectivity index (χ3v) is 8.03. The van der Waals surface area contributed by atoms with Gasteiger partial charge in [0.05, 0.1) is 6.61 Å². The lowest BCUT2D eigenvalue weighted by Crippen LogP contribution is -2.39. The fourth-order valence-electron chi connectivity index (χ4n) is 6.12. The van der Waals surface area contributed by atoms with Gasteiger partial charge in [-0.2, -0.15) is 0 Å². The van der Waals surface area contributed by atoms with Crippen LogP contribution in [0.2, 0.25) is 0 Å². The Morgan fingerprint density at radius 2 is 1.19 bits per heavy atom. The quantitative estimate of drug-likeness (QED) is 0.124. The van der Waals surface area contributed by atoms with Crippen molar-refractivity contribution in [1.29, 1.82) is 0 Å². The summed E-state index contributed by atoms with van der Waals surface area (Å²) in [4.78, 5) is 54.4. The molecular formula is C32H34O10. The summed E-state index contributed by atoms with van der Waals surface area (Å²) in [6, 6.07) is 0. The van der Waals surface area contributed by atoms with Crippen molar-refractivity contribution in [2.24, 2.45) is 0 Å². The summed E-state index contributed by atoms with van der Waals surface area (Å²) in [6.45, 7) is 8.61. The summed E-state index contributed by atoms with van der Waals surface area (Å²) in [5, 5.41) is 54.7. The van der Waals surface area contributed by atoms with Crippen LogP contribution in [0.4, 0.5) is 0 Å². The van der Waals surface area contributed by atoms with Crippen molar-refractivity contribution in [2.75, 3.05) is 13.7 Å². The Morgan fingerprint density at radius 1 is 0.595 bits per heavy atom. The molecule has 4 rings (SSSR count). The zero-order valence-corrected chi connectivity index (χ0v) is 24.6. The van der Waals surface area contributed by atoms with Crippen molar-refractivity contribution in [3.63, 3.8) is 0 Å². The van der Waals surface area contributed by atoms with E-state index < -0.39 is 63.2 Å². The lowest BCUT2D eigenvalue weighted by molar-refractivity contribution is 0.182. The predicted molar refractivity (Wildman–Crippen MR) is 159 cm³/mol. The van der Waals surface area contributed by atoms with Crippen LogP contribution < -0.4 is 21.7 Å². The van der Waals surface area contributed by atoms with Gasteiger partial charge < -0.3 is 30.3 Å². The van der Waals surface area contributed by atoms with Crippen molar-refractivity contribution in [2.45, 2.75) is 66.4 Å². The first-order chi connectivity index (χ1) is 19.6. The maximum absolute atomic E-state index is 14.3. The van der Waals surface area contributed by atoms with Gasteiger partial charge in [-0.3, -0.25) is 19.2 Å². The molecule has 222 valence electrons. The third-order valence-electron chi connectivity index (χ3n) is 8.03. The van der Waals surface area contributed by atoms with Crippen LogP contribution in [0.3, 0.4) is 0 Å². The summed E-state index contributed by atoms with van der Waals surface area (Å²) in [5.74, 6) is -3.04. The standard InChI is InChI=1S/C32H34O10/c1-11(2)17-23-21(15(8-9-33)27(36)31(17)40)29(38)19(13(5)25(23)34)20-14(6)26(35)24-18(12(3)4)32(41)28(37)16(10-42-7)22(24)30(20)39/h11-12,33,35,37,39,41H,8-10H2,1-7H3. The van der Waals surface area contributed by atoms with E-state index >= 15 is 0 Å². The first-order valence-corrected chi connectivity index (χ1v) is 13.6. The fourth-order valence-corrected chi connectivity index (χ4v) is 6.12. The molecule has 0 saturated carbocycles. The van der Waals surface area contributed by atoms with E-state index in [9.17, 15) is 44.7 Å². The Kier molecular flexibility index (Phi) is 7.92. The minimum Gasteiger partial charge on any atom is -0.507 e. The highest BCUT2D eigenvalue weighted by atomic mass is 16.5. The Balaban J connectivity index is 2.38. The van der Waals surface area contributed by atoms with Crippen LogP contribution >= 0.6 is 0 Å². The fraction of sp³-hybridized carbons (Fsp3) is 0.375. The number of phenols is 4. The van der Waals surface area contributed by atoms with Gasteiger partial charge >= 0.3 is 0 Å². The molecule has 0 amide bonds. The van der Waals surface area contributed by atoms with Gasteiger partial charge in [0, 0.05) is 86.5 Å². The smallest absolute Gasteiger partial charge is 0.230 e. The molecule has 2 aliphatic carbocycles. The summed E-state index contributed by atoms with van der Waals surface area (Å²) in [6.07, 6.45) is -0.350. The molecule has 2 aliphatic rings. The molecule has 0 unspecified atom stereocenters. The molecule has 2 aromatic carbocycles. The molecule has 0 bridgehead atoms. The maximum Gasteiger partial charge on any atom is 0.230 e. The Hall–Kier alpha value is -4.28. The highest BCUT2D eigenvalue weighted by Gasteiger charge is 2.34. The van der Waals surface area contributed by atoms with E-state index in [1.807, 2.05) is 0 Å². The van der Waals surface area contributed by atoms with Crippen LogP contribution in [0.25, 0.3) is 33.0 Å². The lowest BCUT2D eigenvalue weighted by atomic mass is 9.80. The van der Waals surface area contributed by atoms with E-state index in [1.54, 1.807) is 27.7 Å². The van der Waals surface area contributed by atoms with E-state index in [1.165, 1.54) is 21.0 Å². The summed E-state index contributed by atoms with van der Waals surface area (Å²) < 4.78 is 5.21. The van der Waals surface area contributed by atoms with E-state index in [0.717, 1.165) is 0 Å². The van der Waals surface area contributed by atoms with Crippen molar-refractivity contribution in [1.82, 2.24) is 0 Å². The SMILES string of the molecule is COCc1c(O)c(O)c(C(C)C)c2c(O)c(C)c(-c3c(C)c(=O)c4c(C(C)C)c(=O)c(=O)c(CCO)c-4c3=O)c(O)c12. The molecular weight excluding hydrogens is 544 g/mol. The number of fused-ring (bicyclic) bond motifs is 2. The van der Waals surface area contributed by atoms with Gasteiger partial charge in [-0.25, -0.2) is 0 Å². The number of benzene rings is 4. The summed E-state index contributed by atoms with van der Waals surface area (Å²) >= 11 is 0. The Labute approximate surface area is 240 Å². The van der Waals surface area contributed by atoms with Crippen molar-refractivity contribution in [3.8, 4) is 45.3 Å². The van der Waals surface area contributed by atoms with Crippen LogP contribution in [0.15, 0.2) is 19.2 Å². The van der Waals surface area contributed by atoms with Gasteiger partial charge in [0.25, 0.3) is 0 Å². The predicted octanol–water partition coefficient (Wildman–Crippen LogP) is 3.30. The van der Waals surface area contributed by atoms with Gasteiger partial charge in [-0.1, -0.05) is 27.7 Å². The van der Waals surface area contributed by atoms with E-state index in [4.69, 9.17) is 4.74 Å². The molecule has 0 spiro atoms.